The van der Waals surface area contributed by atoms with E-state index < -0.39 is 11.8 Å². The van der Waals surface area contributed by atoms with Gasteiger partial charge in [-0.2, -0.15) is 4.98 Å². The summed E-state index contributed by atoms with van der Waals surface area (Å²) in [6.45, 7) is 4.27. The number of amides is 2. The van der Waals surface area contributed by atoms with Crippen LogP contribution >= 0.6 is 11.6 Å². The average molecular weight is 494 g/mol. The number of aromatic nitrogens is 2. The van der Waals surface area contributed by atoms with Crippen LogP contribution in [0.15, 0.2) is 12.3 Å². The zero-order chi connectivity index (χ0) is 24.4. The summed E-state index contributed by atoms with van der Waals surface area (Å²) in [6.07, 6.45) is 4.48. The number of carbonyl (C=O) groups excluding carboxylic acids is 1. The number of nitrogens with one attached hydrogen (secondary N) is 1. The molecule has 11 heteroatoms. The third kappa shape index (κ3) is 4.56. The zero-order valence-electron chi connectivity index (χ0n) is 19.5. The largest absolute Gasteiger partial charge is 0.493 e. The number of nitrogens with zero attached hydrogens (tertiary/aromatic N) is 4. The first-order chi connectivity index (χ1) is 16.4. The molecule has 1 saturated carbocycles. The molecule has 0 unspecified atom stereocenters. The lowest BCUT2D eigenvalue weighted by molar-refractivity contribution is 0.126. The average Bonchev–Trinajstić information content (AvgIpc) is 2.83. The number of urea groups is 1. The lowest BCUT2D eigenvalue weighted by Crippen LogP contribution is -2.48. The summed E-state index contributed by atoms with van der Waals surface area (Å²) in [6, 6.07) is 1.07. The van der Waals surface area contributed by atoms with E-state index in [2.05, 4.69) is 15.3 Å². The van der Waals surface area contributed by atoms with Gasteiger partial charge in [-0.1, -0.05) is 11.6 Å². The second-order valence-corrected chi connectivity index (χ2v) is 8.67. The van der Waals surface area contributed by atoms with Crippen LogP contribution in [0.5, 0.6) is 11.5 Å². The second-order valence-electron chi connectivity index (χ2n) is 8.29. The molecule has 34 heavy (non-hydrogen) atoms. The molecule has 0 spiro atoms. The highest BCUT2D eigenvalue weighted by atomic mass is 35.5. The number of fused-ring (bicyclic) bond motifs is 1. The molecule has 1 fully saturated rings. The van der Waals surface area contributed by atoms with Gasteiger partial charge in [0.15, 0.2) is 11.6 Å². The molecule has 0 radical (unpaired) electrons. The van der Waals surface area contributed by atoms with E-state index in [1.807, 2.05) is 6.92 Å². The first-order valence-electron chi connectivity index (χ1n) is 11.5. The van der Waals surface area contributed by atoms with Gasteiger partial charge in [-0.05, 0) is 39.5 Å². The molecule has 2 aliphatic rings. The van der Waals surface area contributed by atoms with E-state index in [9.17, 15) is 9.90 Å². The van der Waals surface area contributed by atoms with Gasteiger partial charge >= 0.3 is 6.03 Å². The summed E-state index contributed by atoms with van der Waals surface area (Å²) in [5.41, 5.74) is 0.545. The Balaban J connectivity index is 1.68. The highest BCUT2D eigenvalue weighted by molar-refractivity contribution is 6.35. The summed E-state index contributed by atoms with van der Waals surface area (Å²) >= 11 is 6.49. The fraction of sp³-hybridized carbons (Fsp3) is 0.522. The molecule has 1 aromatic heterocycles. The molecule has 9 nitrogen and oxygen atoms in total. The maximum atomic E-state index is 15.3. The van der Waals surface area contributed by atoms with Gasteiger partial charge in [0, 0.05) is 30.4 Å². The molecule has 0 atom stereocenters. The number of hydrogen-bond acceptors (Lipinski definition) is 7. The van der Waals surface area contributed by atoms with Crippen molar-refractivity contribution in [2.75, 3.05) is 35.4 Å². The van der Waals surface area contributed by atoms with Crippen LogP contribution < -0.4 is 24.6 Å². The van der Waals surface area contributed by atoms with Crippen LogP contribution in [-0.4, -0.2) is 53.5 Å². The van der Waals surface area contributed by atoms with Crippen molar-refractivity contribution < 1.29 is 23.8 Å². The molecular weight excluding hydrogens is 465 g/mol. The van der Waals surface area contributed by atoms with E-state index in [0.29, 0.717) is 30.5 Å². The van der Waals surface area contributed by atoms with Gasteiger partial charge in [0.05, 0.1) is 26.4 Å². The number of rotatable bonds is 7. The Morgan fingerprint density at radius 3 is 2.65 bits per heavy atom. The highest BCUT2D eigenvalue weighted by Gasteiger charge is 2.36. The Morgan fingerprint density at radius 2 is 2.00 bits per heavy atom. The fourth-order valence-corrected chi connectivity index (χ4v) is 4.66. The molecule has 184 valence electrons. The van der Waals surface area contributed by atoms with Crippen molar-refractivity contribution in [3.8, 4) is 11.5 Å². The minimum atomic E-state index is -0.748. The van der Waals surface area contributed by atoms with Crippen LogP contribution in [0.3, 0.4) is 0 Å². The monoisotopic (exact) mass is 493 g/mol. The first-order valence-corrected chi connectivity index (χ1v) is 11.8. The van der Waals surface area contributed by atoms with Crippen LogP contribution in [-0.2, 0) is 6.54 Å². The Hall–Kier alpha value is -2.85. The maximum absolute atomic E-state index is 15.3. The van der Waals surface area contributed by atoms with E-state index in [4.69, 9.17) is 21.1 Å². The summed E-state index contributed by atoms with van der Waals surface area (Å²) in [4.78, 5) is 25.2. The maximum Gasteiger partial charge on any atom is 0.330 e. The van der Waals surface area contributed by atoms with Crippen molar-refractivity contribution >= 4 is 35.1 Å². The predicted molar refractivity (Wildman–Crippen MR) is 128 cm³/mol. The van der Waals surface area contributed by atoms with Gasteiger partial charge in [0.2, 0.25) is 5.95 Å². The van der Waals surface area contributed by atoms with Crippen LogP contribution in [0.2, 0.25) is 5.02 Å². The summed E-state index contributed by atoms with van der Waals surface area (Å²) in [5, 5.41) is 13.0. The third-order valence-corrected chi connectivity index (χ3v) is 6.50. The standard InChI is InChI=1S/C23H29ClFN5O4/c1-4-29-21-13(11-26-22(28-21)27-14-6-8-15(31)9-7-14)12-30(23(29)32)20-18(24)16(34-5-2)10-17(33-3)19(20)25/h10-11,14-15,31H,4-9,12H2,1-3H3,(H,26,27,28). The van der Waals surface area contributed by atoms with Crippen molar-refractivity contribution in [3.05, 3.63) is 28.7 Å². The lowest BCUT2D eigenvalue weighted by atomic mass is 9.93. The molecule has 1 aliphatic heterocycles. The molecule has 0 saturated heterocycles. The first kappa shape index (κ1) is 24.3. The SMILES string of the molecule is CCOc1cc(OC)c(F)c(N2Cc3cnc(NC4CCC(O)CC4)nc3N(CC)C2=O)c1Cl. The van der Waals surface area contributed by atoms with Crippen LogP contribution in [0.25, 0.3) is 0 Å². The van der Waals surface area contributed by atoms with Crippen LogP contribution in [0.1, 0.15) is 45.1 Å². The quantitative estimate of drug-likeness (QED) is 0.591. The summed E-state index contributed by atoms with van der Waals surface area (Å²) < 4.78 is 26.0. The number of benzene rings is 1. The third-order valence-electron chi connectivity index (χ3n) is 6.13. The minimum Gasteiger partial charge on any atom is -0.493 e. The van der Waals surface area contributed by atoms with Crippen molar-refractivity contribution in [2.24, 2.45) is 0 Å². The summed E-state index contributed by atoms with van der Waals surface area (Å²) in [5.74, 6) is 0.304. The van der Waals surface area contributed by atoms with Gasteiger partial charge in [0.25, 0.3) is 0 Å². The Morgan fingerprint density at radius 1 is 1.26 bits per heavy atom. The smallest absolute Gasteiger partial charge is 0.330 e. The number of halogens is 2. The van der Waals surface area contributed by atoms with Gasteiger partial charge in [0.1, 0.15) is 22.3 Å². The molecule has 1 aromatic carbocycles. The molecule has 2 aromatic rings. The van der Waals surface area contributed by atoms with Crippen molar-refractivity contribution in [3.63, 3.8) is 0 Å². The molecule has 2 heterocycles. The Kier molecular flexibility index (Phi) is 7.27. The number of ether oxygens (including phenoxy) is 2. The van der Waals surface area contributed by atoms with E-state index in [1.54, 1.807) is 13.1 Å². The van der Waals surface area contributed by atoms with E-state index in [-0.39, 0.29) is 40.9 Å². The number of aliphatic hydroxyl groups excluding tert-OH is 1. The Bertz CT molecular complexity index is 1060. The van der Waals surface area contributed by atoms with Gasteiger partial charge in [-0.25, -0.2) is 14.2 Å². The molecule has 2 N–H and O–H groups in total. The molecule has 2 amide bonds. The number of aliphatic hydroxyl groups is 1. The van der Waals surface area contributed by atoms with Gasteiger partial charge in [-0.15, -0.1) is 0 Å². The normalized spacial score (nSPS) is 20.2. The second kappa shape index (κ2) is 10.2. The molecule has 0 bridgehead atoms. The fourth-order valence-electron chi connectivity index (χ4n) is 4.37. The molecule has 1 aliphatic carbocycles. The minimum absolute atomic E-state index is 0.00769. The number of methoxy groups -OCH3 is 1. The molecular formula is C23H29ClFN5O4. The number of carbonyl (C=O) groups is 1. The van der Waals surface area contributed by atoms with Gasteiger partial charge in [-0.3, -0.25) is 9.80 Å². The van der Waals surface area contributed by atoms with Crippen LogP contribution in [0.4, 0.5) is 26.6 Å². The number of anilines is 3. The topological polar surface area (TPSA) is 100 Å². The summed E-state index contributed by atoms with van der Waals surface area (Å²) in [7, 11) is 1.34. The predicted octanol–water partition coefficient (Wildman–Crippen LogP) is 4.36. The van der Waals surface area contributed by atoms with Crippen LogP contribution in [0, 0.1) is 5.82 Å². The van der Waals surface area contributed by atoms with Gasteiger partial charge < -0.3 is 19.9 Å². The Labute approximate surface area is 202 Å². The van der Waals surface area contributed by atoms with E-state index in [1.165, 1.54) is 23.0 Å². The zero-order valence-corrected chi connectivity index (χ0v) is 20.2. The van der Waals surface area contributed by atoms with Crippen molar-refractivity contribution in [1.29, 1.82) is 0 Å². The molecule has 4 rings (SSSR count). The lowest BCUT2D eigenvalue weighted by Gasteiger charge is -2.36. The van der Waals surface area contributed by atoms with E-state index >= 15 is 4.39 Å². The van der Waals surface area contributed by atoms with Crippen molar-refractivity contribution in [2.45, 2.75) is 58.2 Å². The van der Waals surface area contributed by atoms with E-state index in [0.717, 1.165) is 25.7 Å². The highest BCUT2D eigenvalue weighted by Crippen LogP contribution is 2.44. The van der Waals surface area contributed by atoms with Crippen molar-refractivity contribution in [1.82, 2.24) is 9.97 Å². The number of hydrogen-bond donors (Lipinski definition) is 2.